The minimum Gasteiger partial charge on any atom is -0.468 e. The third kappa shape index (κ3) is 8.92. The van der Waals surface area contributed by atoms with E-state index in [0.717, 1.165) is 5.56 Å². The quantitative estimate of drug-likeness (QED) is 0.682. The van der Waals surface area contributed by atoms with Gasteiger partial charge in [0.15, 0.2) is 0 Å². The summed E-state index contributed by atoms with van der Waals surface area (Å²) in [7, 11) is 1.27. The van der Waals surface area contributed by atoms with Gasteiger partial charge in [-0.1, -0.05) is 44.2 Å². The van der Waals surface area contributed by atoms with Crippen LogP contribution in [0.4, 0.5) is 0 Å². The van der Waals surface area contributed by atoms with Crippen LogP contribution in [-0.2, 0) is 30.4 Å². The largest absolute Gasteiger partial charge is 0.468 e. The number of nitrogens with zero attached hydrogens (tertiary/aromatic N) is 1. The summed E-state index contributed by atoms with van der Waals surface area (Å²) >= 11 is 0. The number of ether oxygens (including phenoxy) is 2. The lowest BCUT2D eigenvalue weighted by atomic mass is 10.2. The Balaban J connectivity index is 0.00000254. The lowest BCUT2D eigenvalue weighted by Crippen LogP contribution is -2.36. The average Bonchev–Trinajstić information content (AvgIpc) is 2.61. The Morgan fingerprint density at radius 1 is 1.00 bits per heavy atom. The second kappa shape index (κ2) is 13.1. The molecule has 6 heteroatoms. The van der Waals surface area contributed by atoms with Crippen molar-refractivity contribution in [3.8, 4) is 0 Å². The van der Waals surface area contributed by atoms with Gasteiger partial charge in [-0.25, -0.2) is 0 Å². The summed E-state index contributed by atoms with van der Waals surface area (Å²) in [5, 5.41) is 0. The third-order valence-corrected chi connectivity index (χ3v) is 2.96. The molecule has 0 bridgehead atoms. The summed E-state index contributed by atoms with van der Waals surface area (Å²) < 4.78 is 9.40. The van der Waals surface area contributed by atoms with Crippen LogP contribution in [0.15, 0.2) is 30.3 Å². The van der Waals surface area contributed by atoms with E-state index in [1.807, 2.05) is 44.2 Å². The number of hydrogen-bond donors (Lipinski definition) is 0. The summed E-state index contributed by atoms with van der Waals surface area (Å²) in [6.45, 7) is 6.13. The Hall–Kier alpha value is -2.37. The van der Waals surface area contributed by atoms with Gasteiger partial charge in [0.2, 0.25) is 5.91 Å². The molecule has 24 heavy (non-hydrogen) atoms. The van der Waals surface area contributed by atoms with Crippen LogP contribution in [-0.4, -0.2) is 43.0 Å². The van der Waals surface area contributed by atoms with Crippen LogP contribution in [0.5, 0.6) is 0 Å². The lowest BCUT2D eigenvalue weighted by Gasteiger charge is -2.21. The van der Waals surface area contributed by atoms with E-state index in [-0.39, 0.29) is 38.4 Å². The van der Waals surface area contributed by atoms with E-state index < -0.39 is 11.9 Å². The first kappa shape index (κ1) is 21.6. The minimum atomic E-state index is -0.500. The Morgan fingerprint density at radius 2 is 1.62 bits per heavy atom. The fourth-order valence-electron chi connectivity index (χ4n) is 1.86. The van der Waals surface area contributed by atoms with Crippen LogP contribution in [0.3, 0.4) is 0 Å². The highest BCUT2D eigenvalue weighted by Gasteiger charge is 2.19. The molecule has 0 radical (unpaired) electrons. The number of carbonyl (C=O) groups is 3. The number of methoxy groups -OCH3 is 1. The maximum absolute atomic E-state index is 12.2. The van der Waals surface area contributed by atoms with E-state index in [0.29, 0.717) is 0 Å². The average molecular weight is 337 g/mol. The van der Waals surface area contributed by atoms with E-state index in [4.69, 9.17) is 4.74 Å². The molecule has 1 aromatic rings. The zero-order valence-electron chi connectivity index (χ0n) is 14.9. The van der Waals surface area contributed by atoms with Crippen molar-refractivity contribution in [1.82, 2.24) is 4.90 Å². The number of benzene rings is 1. The van der Waals surface area contributed by atoms with Gasteiger partial charge in [-0.2, -0.15) is 0 Å². The molecule has 0 aromatic heterocycles. The molecule has 0 unspecified atom stereocenters. The van der Waals surface area contributed by atoms with Crippen molar-refractivity contribution in [2.75, 3.05) is 20.3 Å². The molecule has 0 heterocycles. The molecule has 0 N–H and O–H groups in total. The number of rotatable bonds is 8. The van der Waals surface area contributed by atoms with Gasteiger partial charge in [-0.3, -0.25) is 14.4 Å². The van der Waals surface area contributed by atoms with E-state index in [1.165, 1.54) is 12.0 Å². The molecule has 0 saturated heterocycles. The zero-order valence-corrected chi connectivity index (χ0v) is 14.9. The molecule has 0 aliphatic rings. The van der Waals surface area contributed by atoms with Gasteiger partial charge in [0.05, 0.1) is 20.1 Å². The molecule has 0 spiro atoms. The normalized spacial score (nSPS) is 9.33. The van der Waals surface area contributed by atoms with E-state index >= 15 is 0 Å². The van der Waals surface area contributed by atoms with Crippen molar-refractivity contribution in [3.63, 3.8) is 0 Å². The van der Waals surface area contributed by atoms with Crippen LogP contribution in [0, 0.1) is 0 Å². The zero-order chi connectivity index (χ0) is 18.4. The van der Waals surface area contributed by atoms with Crippen molar-refractivity contribution in [1.29, 1.82) is 0 Å². The topological polar surface area (TPSA) is 72.9 Å². The van der Waals surface area contributed by atoms with Crippen LogP contribution in [0.1, 0.15) is 39.2 Å². The van der Waals surface area contributed by atoms with Crippen molar-refractivity contribution < 1.29 is 23.9 Å². The highest BCUT2D eigenvalue weighted by Crippen LogP contribution is 2.08. The van der Waals surface area contributed by atoms with E-state index in [2.05, 4.69) is 4.74 Å². The highest BCUT2D eigenvalue weighted by molar-refractivity contribution is 5.84. The van der Waals surface area contributed by atoms with Gasteiger partial charge in [0, 0.05) is 13.0 Å². The number of amides is 1. The first-order chi connectivity index (χ1) is 11.6. The summed E-state index contributed by atoms with van der Waals surface area (Å²) in [6.07, 6.45) is 0.00178. The van der Waals surface area contributed by atoms with Crippen molar-refractivity contribution in [3.05, 3.63) is 35.9 Å². The predicted molar refractivity (Wildman–Crippen MR) is 91.1 cm³/mol. The molecule has 0 fully saturated rings. The molecule has 0 atom stereocenters. The summed E-state index contributed by atoms with van der Waals surface area (Å²) in [5.74, 6) is -1.21. The Kier molecular flexibility index (Phi) is 11.8. The van der Waals surface area contributed by atoms with Crippen molar-refractivity contribution in [2.45, 2.75) is 40.2 Å². The summed E-state index contributed by atoms with van der Waals surface area (Å²) in [4.78, 5) is 36.4. The maximum atomic E-state index is 12.2. The molecular formula is C18H27NO5. The van der Waals surface area contributed by atoms with Crippen molar-refractivity contribution >= 4 is 17.8 Å². The number of hydrogen-bond acceptors (Lipinski definition) is 5. The molecule has 1 aromatic carbocycles. The number of esters is 2. The monoisotopic (exact) mass is 337 g/mol. The summed E-state index contributed by atoms with van der Waals surface area (Å²) in [5.41, 5.74) is 0.899. The van der Waals surface area contributed by atoms with Gasteiger partial charge in [0.25, 0.3) is 0 Å². The highest BCUT2D eigenvalue weighted by atomic mass is 16.5. The smallest absolute Gasteiger partial charge is 0.325 e. The molecule has 0 aliphatic carbocycles. The molecule has 0 saturated carbocycles. The first-order valence-corrected chi connectivity index (χ1v) is 8.11. The second-order valence-corrected chi connectivity index (χ2v) is 4.62. The van der Waals surface area contributed by atoms with Crippen LogP contribution >= 0.6 is 0 Å². The summed E-state index contributed by atoms with van der Waals surface area (Å²) in [6, 6.07) is 9.31. The van der Waals surface area contributed by atoms with Gasteiger partial charge < -0.3 is 14.4 Å². The minimum absolute atomic E-state index is 0.000858. The predicted octanol–water partition coefficient (Wildman–Crippen LogP) is 2.56. The molecular weight excluding hydrogens is 310 g/mol. The van der Waals surface area contributed by atoms with Gasteiger partial charge >= 0.3 is 11.9 Å². The van der Waals surface area contributed by atoms with E-state index in [9.17, 15) is 14.4 Å². The van der Waals surface area contributed by atoms with Crippen LogP contribution in [0.2, 0.25) is 0 Å². The molecule has 0 aliphatic heterocycles. The maximum Gasteiger partial charge on any atom is 0.325 e. The van der Waals surface area contributed by atoms with Crippen LogP contribution < -0.4 is 0 Å². The second-order valence-electron chi connectivity index (χ2n) is 4.62. The molecule has 6 nitrogen and oxygen atoms in total. The fraction of sp³-hybridized carbons (Fsp3) is 0.500. The van der Waals surface area contributed by atoms with Gasteiger partial charge in [-0.05, 0) is 12.5 Å². The third-order valence-electron chi connectivity index (χ3n) is 2.96. The van der Waals surface area contributed by atoms with E-state index in [1.54, 1.807) is 6.92 Å². The van der Waals surface area contributed by atoms with Gasteiger partial charge in [-0.15, -0.1) is 0 Å². The Morgan fingerprint density at radius 3 is 2.17 bits per heavy atom. The fourth-order valence-corrected chi connectivity index (χ4v) is 1.86. The van der Waals surface area contributed by atoms with Crippen molar-refractivity contribution in [2.24, 2.45) is 0 Å². The molecule has 1 amide bonds. The molecule has 134 valence electrons. The van der Waals surface area contributed by atoms with Crippen LogP contribution in [0.25, 0.3) is 0 Å². The Bertz CT molecular complexity index is 501. The van der Waals surface area contributed by atoms with Gasteiger partial charge in [0.1, 0.15) is 6.54 Å². The number of carbonyl (C=O) groups excluding carboxylic acids is 3. The first-order valence-electron chi connectivity index (χ1n) is 8.11. The SMILES string of the molecule is CC.CCOC(=O)CCC(=O)N(CC(=O)OC)Cc1ccccc1. The molecule has 1 rings (SSSR count). The Labute approximate surface area is 143 Å². The lowest BCUT2D eigenvalue weighted by molar-refractivity contribution is -0.149. The standard InChI is InChI=1S/C16H21NO5.C2H6/c1-3-22-15(19)10-9-14(18)17(12-16(20)21-2)11-13-7-5-4-6-8-13;1-2/h4-8H,3,9-12H2,1-2H3;1-2H3.